The van der Waals surface area contributed by atoms with Crippen molar-refractivity contribution in [1.29, 1.82) is 0 Å². The Morgan fingerprint density at radius 3 is 2.38 bits per heavy atom. The molecule has 1 aromatic heterocycles. The van der Waals surface area contributed by atoms with E-state index in [2.05, 4.69) is 38.0 Å². The molecule has 0 aliphatic rings. The number of anilines is 1. The number of aryl methyl sites for hydroxylation is 2. The summed E-state index contributed by atoms with van der Waals surface area (Å²) in [6.45, 7) is 10.8. The smallest absolute Gasteiger partial charge is 0.183 e. The Bertz CT molecular complexity index is 322. The van der Waals surface area contributed by atoms with Crippen LogP contribution in [0, 0.1) is 19.3 Å². The van der Waals surface area contributed by atoms with Gasteiger partial charge in [-0.15, -0.1) is 22.9 Å². The number of rotatable bonds is 4. The molecule has 1 atom stereocenters. The van der Waals surface area contributed by atoms with Gasteiger partial charge in [-0.1, -0.05) is 20.8 Å². The molecule has 0 amide bonds. The zero-order valence-electron chi connectivity index (χ0n) is 10.7. The van der Waals surface area contributed by atoms with Crippen LogP contribution in [0.3, 0.4) is 0 Å². The molecule has 0 saturated carbocycles. The van der Waals surface area contributed by atoms with Crippen molar-refractivity contribution in [1.82, 2.24) is 4.98 Å². The Morgan fingerprint density at radius 2 is 2.00 bits per heavy atom. The number of hydrogen-bond acceptors (Lipinski definition) is 3. The first-order valence-electron chi connectivity index (χ1n) is 5.61. The van der Waals surface area contributed by atoms with Crippen LogP contribution in [0.4, 0.5) is 5.13 Å². The van der Waals surface area contributed by atoms with E-state index in [0.29, 0.717) is 11.9 Å². The summed E-state index contributed by atoms with van der Waals surface area (Å²) in [6, 6.07) is 0.370. The minimum absolute atomic E-state index is 0.197. The van der Waals surface area contributed by atoms with Gasteiger partial charge in [-0.2, -0.15) is 0 Å². The maximum Gasteiger partial charge on any atom is 0.183 e. The summed E-state index contributed by atoms with van der Waals surface area (Å²) >= 11 is 7.57. The molecule has 0 aliphatic heterocycles. The molecule has 0 radical (unpaired) electrons. The van der Waals surface area contributed by atoms with E-state index in [1.165, 1.54) is 4.88 Å². The number of thiazole rings is 1. The third-order valence-corrected chi connectivity index (χ3v) is 3.99. The number of halogens is 1. The van der Waals surface area contributed by atoms with E-state index >= 15 is 0 Å². The minimum atomic E-state index is 0.197. The fourth-order valence-electron chi connectivity index (χ4n) is 1.51. The average Bonchev–Trinajstić information content (AvgIpc) is 2.44. The quantitative estimate of drug-likeness (QED) is 0.820. The van der Waals surface area contributed by atoms with E-state index in [9.17, 15) is 0 Å². The van der Waals surface area contributed by atoms with Crippen molar-refractivity contribution in [3.63, 3.8) is 0 Å². The standard InChI is InChI=1S/C12H21ClN2S/c1-8-9(2)16-11(14-8)15-10(6-7-13)12(3,4)5/h10H,6-7H2,1-5H3,(H,14,15). The van der Waals surface area contributed by atoms with E-state index in [4.69, 9.17) is 11.6 Å². The van der Waals surface area contributed by atoms with Crippen molar-refractivity contribution >= 4 is 28.1 Å². The fraction of sp³-hybridized carbons (Fsp3) is 0.750. The first-order chi connectivity index (χ1) is 7.34. The van der Waals surface area contributed by atoms with Crippen molar-refractivity contribution in [2.24, 2.45) is 5.41 Å². The molecule has 1 rings (SSSR count). The number of alkyl halides is 1. The van der Waals surface area contributed by atoms with Crippen molar-refractivity contribution in [2.45, 2.75) is 47.1 Å². The molecule has 0 bridgehead atoms. The summed E-state index contributed by atoms with van der Waals surface area (Å²) in [5.74, 6) is 0.679. The molecular weight excluding hydrogens is 240 g/mol. The lowest BCUT2D eigenvalue weighted by atomic mass is 9.85. The third kappa shape index (κ3) is 3.63. The molecule has 0 aliphatic carbocycles. The molecule has 1 unspecified atom stereocenters. The highest BCUT2D eigenvalue weighted by Gasteiger charge is 2.24. The van der Waals surface area contributed by atoms with Gasteiger partial charge in [0.25, 0.3) is 0 Å². The molecule has 16 heavy (non-hydrogen) atoms. The lowest BCUT2D eigenvalue weighted by molar-refractivity contribution is 0.334. The number of nitrogens with one attached hydrogen (secondary N) is 1. The van der Waals surface area contributed by atoms with Gasteiger partial charge in [0.1, 0.15) is 0 Å². The van der Waals surface area contributed by atoms with Crippen LogP contribution < -0.4 is 5.32 Å². The Morgan fingerprint density at radius 1 is 1.38 bits per heavy atom. The molecule has 1 N–H and O–H groups in total. The highest BCUT2D eigenvalue weighted by Crippen LogP contribution is 2.29. The Hall–Kier alpha value is -0.280. The molecule has 0 spiro atoms. The second-order valence-electron chi connectivity index (χ2n) is 5.20. The topological polar surface area (TPSA) is 24.9 Å². The van der Waals surface area contributed by atoms with Crippen LogP contribution >= 0.6 is 22.9 Å². The van der Waals surface area contributed by atoms with Crippen molar-refractivity contribution in [2.75, 3.05) is 11.2 Å². The maximum absolute atomic E-state index is 5.85. The molecule has 1 aromatic rings. The molecule has 0 fully saturated rings. The maximum atomic E-state index is 5.85. The molecule has 1 heterocycles. The van der Waals surface area contributed by atoms with E-state index in [-0.39, 0.29) is 5.41 Å². The van der Waals surface area contributed by atoms with Gasteiger partial charge >= 0.3 is 0 Å². The van der Waals surface area contributed by atoms with Crippen LogP contribution in [0.25, 0.3) is 0 Å². The normalized spacial score (nSPS) is 13.9. The number of aromatic nitrogens is 1. The lowest BCUT2D eigenvalue weighted by Crippen LogP contribution is -2.34. The molecule has 2 nitrogen and oxygen atoms in total. The average molecular weight is 261 g/mol. The summed E-state index contributed by atoms with van der Waals surface area (Å²) in [4.78, 5) is 5.79. The summed E-state index contributed by atoms with van der Waals surface area (Å²) < 4.78 is 0. The van der Waals surface area contributed by atoms with E-state index < -0.39 is 0 Å². The molecule has 92 valence electrons. The van der Waals surface area contributed by atoms with Gasteiger partial charge in [-0.3, -0.25) is 0 Å². The van der Waals surface area contributed by atoms with Crippen LogP contribution in [0.15, 0.2) is 0 Å². The first kappa shape index (κ1) is 13.8. The lowest BCUT2D eigenvalue weighted by Gasteiger charge is -2.30. The SMILES string of the molecule is Cc1nc(NC(CCCl)C(C)(C)C)sc1C. The van der Waals surface area contributed by atoms with Gasteiger partial charge in [0.15, 0.2) is 5.13 Å². The van der Waals surface area contributed by atoms with Crippen molar-refractivity contribution in [3.8, 4) is 0 Å². The predicted octanol–water partition coefficient (Wildman–Crippen LogP) is 4.22. The monoisotopic (exact) mass is 260 g/mol. The summed E-state index contributed by atoms with van der Waals surface area (Å²) in [5, 5.41) is 4.52. The largest absolute Gasteiger partial charge is 0.358 e. The first-order valence-corrected chi connectivity index (χ1v) is 6.96. The zero-order valence-corrected chi connectivity index (χ0v) is 12.3. The molecule has 0 aromatic carbocycles. The van der Waals surface area contributed by atoms with Crippen LogP contribution in [0.5, 0.6) is 0 Å². The van der Waals surface area contributed by atoms with Gasteiger partial charge in [-0.25, -0.2) is 4.98 Å². The predicted molar refractivity (Wildman–Crippen MR) is 73.8 cm³/mol. The molecular formula is C12H21ClN2S. The van der Waals surface area contributed by atoms with Gasteiger partial charge in [0.05, 0.1) is 5.69 Å². The van der Waals surface area contributed by atoms with Gasteiger partial charge < -0.3 is 5.32 Å². The summed E-state index contributed by atoms with van der Waals surface area (Å²) in [6.07, 6.45) is 0.961. The second kappa shape index (κ2) is 5.37. The van der Waals surface area contributed by atoms with Gasteiger partial charge in [0.2, 0.25) is 0 Å². The summed E-state index contributed by atoms with van der Waals surface area (Å²) in [7, 11) is 0. The van der Waals surface area contributed by atoms with Crippen LogP contribution in [-0.4, -0.2) is 16.9 Å². The number of hydrogen-bond donors (Lipinski definition) is 1. The van der Waals surface area contributed by atoms with Crippen molar-refractivity contribution in [3.05, 3.63) is 10.6 Å². The Balaban J connectivity index is 2.75. The highest BCUT2D eigenvalue weighted by atomic mass is 35.5. The summed E-state index contributed by atoms with van der Waals surface area (Å²) in [5.41, 5.74) is 1.31. The van der Waals surface area contributed by atoms with E-state index in [1.54, 1.807) is 11.3 Å². The Kier molecular flexibility index (Phi) is 4.62. The van der Waals surface area contributed by atoms with Gasteiger partial charge in [0, 0.05) is 16.8 Å². The van der Waals surface area contributed by atoms with Crippen molar-refractivity contribution < 1.29 is 0 Å². The third-order valence-electron chi connectivity index (χ3n) is 2.77. The molecule has 0 saturated heterocycles. The highest BCUT2D eigenvalue weighted by molar-refractivity contribution is 7.15. The van der Waals surface area contributed by atoms with E-state index in [1.807, 2.05) is 6.92 Å². The fourth-order valence-corrected chi connectivity index (χ4v) is 2.60. The van der Waals surface area contributed by atoms with Crippen LogP contribution in [0.1, 0.15) is 37.8 Å². The zero-order chi connectivity index (χ0) is 12.3. The minimum Gasteiger partial charge on any atom is -0.358 e. The van der Waals surface area contributed by atoms with Gasteiger partial charge in [-0.05, 0) is 25.7 Å². The Labute approximate surface area is 107 Å². The van der Waals surface area contributed by atoms with Crippen LogP contribution in [0.2, 0.25) is 0 Å². The second-order valence-corrected chi connectivity index (χ2v) is 6.78. The van der Waals surface area contributed by atoms with Crippen LogP contribution in [-0.2, 0) is 0 Å². The molecule has 4 heteroatoms. The number of nitrogens with zero attached hydrogens (tertiary/aromatic N) is 1. The van der Waals surface area contributed by atoms with E-state index in [0.717, 1.165) is 17.2 Å².